The molecule has 140 valence electrons. The molecule has 2 amide bonds. The molecule has 0 bridgehead atoms. The third-order valence-electron chi connectivity index (χ3n) is 4.11. The van der Waals surface area contributed by atoms with Gasteiger partial charge in [0.05, 0.1) is 16.8 Å². The van der Waals surface area contributed by atoms with Crippen molar-refractivity contribution in [2.24, 2.45) is 0 Å². The minimum Gasteiger partial charge on any atom is -0.452 e. The van der Waals surface area contributed by atoms with Crippen LogP contribution < -0.4 is 16.0 Å². The van der Waals surface area contributed by atoms with Crippen LogP contribution in [0.25, 0.3) is 0 Å². The minimum absolute atomic E-state index is 0.217. The average molecular weight is 367 g/mol. The van der Waals surface area contributed by atoms with Crippen molar-refractivity contribution in [1.82, 2.24) is 5.32 Å². The standard InChI is InChI=1S/C20H21N3O4/c1-21-16-8-4-3-7-15(16)20(26)27-12-18(24)23-17-9-5-2-6-14(17)19(25)22-13-10-11-13/h2-9,13,21H,10-12H2,1H3,(H,22,25)(H,23,24). The Morgan fingerprint density at radius 3 is 2.26 bits per heavy atom. The summed E-state index contributed by atoms with van der Waals surface area (Å²) in [5.74, 6) is -1.35. The molecule has 0 unspecified atom stereocenters. The fourth-order valence-electron chi connectivity index (χ4n) is 2.56. The van der Waals surface area contributed by atoms with Crippen LogP contribution in [0.5, 0.6) is 0 Å². The molecule has 1 saturated carbocycles. The van der Waals surface area contributed by atoms with E-state index in [9.17, 15) is 14.4 Å². The Morgan fingerprint density at radius 2 is 1.59 bits per heavy atom. The van der Waals surface area contributed by atoms with Gasteiger partial charge < -0.3 is 20.7 Å². The molecule has 0 heterocycles. The van der Waals surface area contributed by atoms with E-state index in [0.29, 0.717) is 22.5 Å². The van der Waals surface area contributed by atoms with Crippen LogP contribution >= 0.6 is 0 Å². The molecule has 2 aromatic rings. The van der Waals surface area contributed by atoms with Crippen LogP contribution in [0.2, 0.25) is 0 Å². The van der Waals surface area contributed by atoms with E-state index in [1.807, 2.05) is 0 Å². The van der Waals surface area contributed by atoms with Gasteiger partial charge in [0.25, 0.3) is 11.8 Å². The topological polar surface area (TPSA) is 96.5 Å². The summed E-state index contributed by atoms with van der Waals surface area (Å²) < 4.78 is 5.09. The van der Waals surface area contributed by atoms with Gasteiger partial charge in [0.1, 0.15) is 0 Å². The van der Waals surface area contributed by atoms with Crippen molar-refractivity contribution in [3.8, 4) is 0 Å². The fourth-order valence-corrected chi connectivity index (χ4v) is 2.56. The van der Waals surface area contributed by atoms with Crippen LogP contribution in [0, 0.1) is 0 Å². The normalized spacial score (nSPS) is 12.8. The first-order valence-corrected chi connectivity index (χ1v) is 8.72. The lowest BCUT2D eigenvalue weighted by Crippen LogP contribution is -2.28. The number of esters is 1. The maximum atomic E-state index is 12.3. The number of nitrogens with one attached hydrogen (secondary N) is 3. The second-order valence-electron chi connectivity index (χ2n) is 6.21. The second kappa shape index (κ2) is 8.35. The molecule has 7 nitrogen and oxygen atoms in total. The molecule has 1 aliphatic carbocycles. The molecule has 2 aromatic carbocycles. The zero-order valence-electron chi connectivity index (χ0n) is 15.0. The van der Waals surface area contributed by atoms with E-state index in [4.69, 9.17) is 4.74 Å². The first-order chi connectivity index (χ1) is 13.1. The third kappa shape index (κ3) is 4.84. The van der Waals surface area contributed by atoms with Crippen molar-refractivity contribution in [2.45, 2.75) is 18.9 Å². The van der Waals surface area contributed by atoms with Gasteiger partial charge in [-0.05, 0) is 37.1 Å². The highest BCUT2D eigenvalue weighted by Crippen LogP contribution is 2.21. The van der Waals surface area contributed by atoms with Crippen molar-refractivity contribution in [3.05, 3.63) is 59.7 Å². The Morgan fingerprint density at radius 1 is 0.963 bits per heavy atom. The predicted octanol–water partition coefficient (Wildman–Crippen LogP) is 2.42. The number of carbonyl (C=O) groups is 3. The number of carbonyl (C=O) groups excluding carboxylic acids is 3. The molecule has 1 aliphatic rings. The highest BCUT2D eigenvalue weighted by molar-refractivity contribution is 6.04. The van der Waals surface area contributed by atoms with E-state index in [0.717, 1.165) is 12.8 Å². The predicted molar refractivity (Wildman–Crippen MR) is 102 cm³/mol. The molecule has 0 aromatic heterocycles. The van der Waals surface area contributed by atoms with Crippen LogP contribution in [0.1, 0.15) is 33.6 Å². The van der Waals surface area contributed by atoms with Crippen LogP contribution in [0.15, 0.2) is 48.5 Å². The van der Waals surface area contributed by atoms with E-state index < -0.39 is 18.5 Å². The highest BCUT2D eigenvalue weighted by atomic mass is 16.5. The molecular weight excluding hydrogens is 346 g/mol. The van der Waals surface area contributed by atoms with Crippen molar-refractivity contribution >= 4 is 29.2 Å². The highest BCUT2D eigenvalue weighted by Gasteiger charge is 2.25. The Labute approximate surface area is 157 Å². The van der Waals surface area contributed by atoms with Gasteiger partial charge in [0.2, 0.25) is 0 Å². The molecule has 0 radical (unpaired) electrons. The smallest absolute Gasteiger partial charge is 0.340 e. The molecule has 0 aliphatic heterocycles. The number of hydrogen-bond acceptors (Lipinski definition) is 5. The fraction of sp³-hybridized carbons (Fsp3) is 0.250. The zero-order valence-corrected chi connectivity index (χ0v) is 15.0. The van der Waals surface area contributed by atoms with Crippen LogP contribution in [-0.2, 0) is 9.53 Å². The number of para-hydroxylation sites is 2. The van der Waals surface area contributed by atoms with Gasteiger partial charge >= 0.3 is 5.97 Å². The molecule has 27 heavy (non-hydrogen) atoms. The summed E-state index contributed by atoms with van der Waals surface area (Å²) in [5.41, 5.74) is 1.72. The number of hydrogen-bond donors (Lipinski definition) is 3. The zero-order chi connectivity index (χ0) is 19.2. The van der Waals surface area contributed by atoms with E-state index in [1.165, 1.54) is 0 Å². The lowest BCUT2D eigenvalue weighted by atomic mass is 10.1. The number of ether oxygens (including phenoxy) is 1. The van der Waals surface area contributed by atoms with Crippen LogP contribution in [-0.4, -0.2) is 37.5 Å². The van der Waals surface area contributed by atoms with Gasteiger partial charge in [-0.15, -0.1) is 0 Å². The quantitative estimate of drug-likeness (QED) is 0.653. The lowest BCUT2D eigenvalue weighted by Gasteiger charge is -2.12. The summed E-state index contributed by atoms with van der Waals surface area (Å²) in [4.78, 5) is 36.6. The maximum absolute atomic E-state index is 12.3. The summed E-state index contributed by atoms with van der Waals surface area (Å²) in [6.45, 7) is -0.449. The van der Waals surface area contributed by atoms with Gasteiger partial charge in [-0.25, -0.2) is 4.79 Å². The molecule has 0 spiro atoms. The van der Waals surface area contributed by atoms with Gasteiger partial charge in [0.15, 0.2) is 6.61 Å². The minimum atomic E-state index is -0.602. The first-order valence-electron chi connectivity index (χ1n) is 8.72. The van der Waals surface area contributed by atoms with Gasteiger partial charge in [-0.3, -0.25) is 9.59 Å². The van der Waals surface area contributed by atoms with Gasteiger partial charge in [-0.1, -0.05) is 24.3 Å². The largest absolute Gasteiger partial charge is 0.452 e. The van der Waals surface area contributed by atoms with Crippen LogP contribution in [0.3, 0.4) is 0 Å². The summed E-state index contributed by atoms with van der Waals surface area (Å²) in [6, 6.07) is 13.8. The molecule has 0 atom stereocenters. The molecule has 0 saturated heterocycles. The Balaban J connectivity index is 1.59. The van der Waals surface area contributed by atoms with E-state index in [1.54, 1.807) is 55.6 Å². The summed E-state index contributed by atoms with van der Waals surface area (Å²) in [7, 11) is 1.70. The molecule has 3 N–H and O–H groups in total. The maximum Gasteiger partial charge on any atom is 0.340 e. The van der Waals surface area contributed by atoms with E-state index in [-0.39, 0.29) is 11.9 Å². The molecule has 3 rings (SSSR count). The average Bonchev–Trinajstić information content (AvgIpc) is 3.50. The van der Waals surface area contributed by atoms with Crippen molar-refractivity contribution in [2.75, 3.05) is 24.3 Å². The van der Waals surface area contributed by atoms with Crippen LogP contribution in [0.4, 0.5) is 11.4 Å². The third-order valence-corrected chi connectivity index (χ3v) is 4.11. The number of benzene rings is 2. The SMILES string of the molecule is CNc1ccccc1C(=O)OCC(=O)Nc1ccccc1C(=O)NC1CC1. The molecule has 7 heteroatoms. The van der Waals surface area contributed by atoms with Gasteiger partial charge in [0, 0.05) is 18.8 Å². The van der Waals surface area contributed by atoms with E-state index >= 15 is 0 Å². The Hall–Kier alpha value is -3.35. The Bertz CT molecular complexity index is 862. The lowest BCUT2D eigenvalue weighted by molar-refractivity contribution is -0.119. The van der Waals surface area contributed by atoms with Crippen molar-refractivity contribution < 1.29 is 19.1 Å². The first kappa shape index (κ1) is 18.4. The summed E-state index contributed by atoms with van der Waals surface area (Å²) >= 11 is 0. The summed E-state index contributed by atoms with van der Waals surface area (Å²) in [6.07, 6.45) is 1.95. The Kier molecular flexibility index (Phi) is 5.71. The van der Waals surface area contributed by atoms with Crippen molar-refractivity contribution in [3.63, 3.8) is 0 Å². The molecular formula is C20H21N3O4. The molecule has 1 fully saturated rings. The number of rotatable bonds is 7. The second-order valence-corrected chi connectivity index (χ2v) is 6.21. The monoisotopic (exact) mass is 367 g/mol. The number of anilines is 2. The summed E-state index contributed by atoms with van der Waals surface area (Å²) in [5, 5.41) is 8.41. The van der Waals surface area contributed by atoms with Gasteiger partial charge in [-0.2, -0.15) is 0 Å². The number of amides is 2. The van der Waals surface area contributed by atoms with E-state index in [2.05, 4.69) is 16.0 Å². The van der Waals surface area contributed by atoms with Crippen molar-refractivity contribution in [1.29, 1.82) is 0 Å².